The van der Waals surface area contributed by atoms with Gasteiger partial charge in [-0.25, -0.2) is 4.98 Å². The van der Waals surface area contributed by atoms with E-state index < -0.39 is 0 Å². The summed E-state index contributed by atoms with van der Waals surface area (Å²) in [6, 6.07) is 5.84. The van der Waals surface area contributed by atoms with Crippen LogP contribution in [0.2, 0.25) is 0 Å². The van der Waals surface area contributed by atoms with Crippen LogP contribution >= 0.6 is 0 Å². The lowest BCUT2D eigenvalue weighted by atomic mass is 10.2. The number of nitrogens with two attached hydrogens (primary N) is 1. The van der Waals surface area contributed by atoms with Crippen LogP contribution in [0, 0.1) is 0 Å². The number of nitrogens with one attached hydrogen (secondary N) is 2. The largest absolute Gasteiger partial charge is 0.370 e. The Hall–Kier alpha value is -2.80. The van der Waals surface area contributed by atoms with Gasteiger partial charge < -0.3 is 16.4 Å². The predicted molar refractivity (Wildman–Crippen MR) is 99.0 cm³/mol. The topological polar surface area (TPSA) is 102 Å². The van der Waals surface area contributed by atoms with Gasteiger partial charge in [-0.3, -0.25) is 9.97 Å². The molecule has 0 spiro atoms. The molecule has 0 bridgehead atoms. The van der Waals surface area contributed by atoms with Gasteiger partial charge in [-0.2, -0.15) is 4.98 Å². The molecule has 1 saturated carbocycles. The van der Waals surface area contributed by atoms with E-state index in [1.54, 1.807) is 12.4 Å². The monoisotopic (exact) mass is 335 g/mol. The maximum absolute atomic E-state index is 5.58. The van der Waals surface area contributed by atoms with Gasteiger partial charge in [-0.15, -0.1) is 0 Å². The van der Waals surface area contributed by atoms with E-state index in [4.69, 9.17) is 5.73 Å². The molecule has 0 aliphatic heterocycles. The lowest BCUT2D eigenvalue weighted by molar-refractivity contribution is 0.865. The van der Waals surface area contributed by atoms with Crippen LogP contribution in [0.4, 0.5) is 17.5 Å². The third-order valence-corrected chi connectivity index (χ3v) is 4.23. The van der Waals surface area contributed by atoms with Crippen molar-refractivity contribution in [2.75, 3.05) is 23.7 Å². The van der Waals surface area contributed by atoms with E-state index in [0.29, 0.717) is 18.4 Å². The first-order valence-corrected chi connectivity index (χ1v) is 8.62. The van der Waals surface area contributed by atoms with Gasteiger partial charge in [0.05, 0.1) is 11.0 Å². The van der Waals surface area contributed by atoms with Crippen molar-refractivity contribution in [3.05, 3.63) is 42.4 Å². The maximum atomic E-state index is 5.58. The summed E-state index contributed by atoms with van der Waals surface area (Å²) in [5, 5.41) is 6.66. The van der Waals surface area contributed by atoms with Gasteiger partial charge in [-0.1, -0.05) is 0 Å². The lowest BCUT2D eigenvalue weighted by Gasteiger charge is -2.12. The van der Waals surface area contributed by atoms with Crippen LogP contribution in [0.15, 0.2) is 36.8 Å². The quantitative estimate of drug-likeness (QED) is 0.571. The van der Waals surface area contributed by atoms with E-state index >= 15 is 0 Å². The SMILES string of the molecule is NCCCNc1nc(Nc2ccc3nccnc3c2)ncc1C1CC1. The average Bonchev–Trinajstić information content (AvgIpc) is 3.47. The molecular formula is C18H21N7. The molecule has 4 rings (SSSR count). The smallest absolute Gasteiger partial charge is 0.229 e. The zero-order valence-electron chi connectivity index (χ0n) is 13.9. The molecule has 1 aliphatic rings. The molecule has 0 radical (unpaired) electrons. The van der Waals surface area contributed by atoms with Gasteiger partial charge in [0.25, 0.3) is 0 Å². The second-order valence-electron chi connectivity index (χ2n) is 6.23. The van der Waals surface area contributed by atoms with Crippen molar-refractivity contribution in [2.45, 2.75) is 25.2 Å². The van der Waals surface area contributed by atoms with Crippen molar-refractivity contribution >= 4 is 28.5 Å². The maximum Gasteiger partial charge on any atom is 0.229 e. The molecule has 0 saturated heterocycles. The first kappa shape index (κ1) is 15.7. The summed E-state index contributed by atoms with van der Waals surface area (Å²) in [5.41, 5.74) is 9.37. The summed E-state index contributed by atoms with van der Waals surface area (Å²) in [7, 11) is 0. The molecule has 1 fully saturated rings. The van der Waals surface area contributed by atoms with E-state index in [9.17, 15) is 0 Å². The van der Waals surface area contributed by atoms with E-state index in [2.05, 4.69) is 30.6 Å². The Morgan fingerprint density at radius 1 is 1.08 bits per heavy atom. The minimum Gasteiger partial charge on any atom is -0.370 e. The van der Waals surface area contributed by atoms with Crippen LogP contribution in [-0.4, -0.2) is 33.0 Å². The number of rotatable bonds is 7. The summed E-state index contributed by atoms with van der Waals surface area (Å²) >= 11 is 0. The Bertz CT molecular complexity index is 876. The minimum absolute atomic E-state index is 0.572. The van der Waals surface area contributed by atoms with E-state index in [1.807, 2.05) is 24.4 Å². The third-order valence-electron chi connectivity index (χ3n) is 4.23. The zero-order chi connectivity index (χ0) is 17.1. The molecule has 4 N–H and O–H groups in total. The number of hydrogen-bond donors (Lipinski definition) is 3. The molecule has 2 heterocycles. The highest BCUT2D eigenvalue weighted by Gasteiger charge is 2.27. The van der Waals surface area contributed by atoms with Crippen molar-refractivity contribution < 1.29 is 0 Å². The molecule has 7 heteroatoms. The highest BCUT2D eigenvalue weighted by molar-refractivity contribution is 5.79. The molecule has 0 amide bonds. The van der Waals surface area contributed by atoms with E-state index in [1.165, 1.54) is 18.4 Å². The van der Waals surface area contributed by atoms with Gasteiger partial charge in [0, 0.05) is 36.4 Å². The Morgan fingerprint density at radius 2 is 1.92 bits per heavy atom. The second kappa shape index (κ2) is 6.98. The molecule has 128 valence electrons. The van der Waals surface area contributed by atoms with E-state index in [0.717, 1.165) is 35.5 Å². The molecule has 25 heavy (non-hydrogen) atoms. The zero-order valence-corrected chi connectivity index (χ0v) is 13.9. The molecule has 3 aromatic rings. The average molecular weight is 335 g/mol. The summed E-state index contributed by atoms with van der Waals surface area (Å²) < 4.78 is 0. The van der Waals surface area contributed by atoms with Gasteiger partial charge in [-0.05, 0) is 49.9 Å². The summed E-state index contributed by atoms with van der Waals surface area (Å²) in [6.45, 7) is 1.48. The summed E-state index contributed by atoms with van der Waals surface area (Å²) in [5.74, 6) is 2.07. The Morgan fingerprint density at radius 3 is 2.72 bits per heavy atom. The summed E-state index contributed by atoms with van der Waals surface area (Å²) in [6.07, 6.45) is 8.65. The predicted octanol–water partition coefficient (Wildman–Crippen LogP) is 2.80. The first-order valence-electron chi connectivity index (χ1n) is 8.62. The first-order chi connectivity index (χ1) is 12.3. The fourth-order valence-electron chi connectivity index (χ4n) is 2.77. The fraction of sp³-hybridized carbons (Fsp3) is 0.333. The van der Waals surface area contributed by atoms with Gasteiger partial charge in [0.2, 0.25) is 5.95 Å². The van der Waals surface area contributed by atoms with E-state index in [-0.39, 0.29) is 0 Å². The van der Waals surface area contributed by atoms with Crippen LogP contribution in [0.3, 0.4) is 0 Å². The van der Waals surface area contributed by atoms with Gasteiger partial charge in [0.15, 0.2) is 0 Å². The highest BCUT2D eigenvalue weighted by atomic mass is 15.1. The van der Waals surface area contributed by atoms with Crippen LogP contribution in [0.25, 0.3) is 11.0 Å². The van der Waals surface area contributed by atoms with Crippen LogP contribution in [0.5, 0.6) is 0 Å². The summed E-state index contributed by atoms with van der Waals surface area (Å²) in [4.78, 5) is 17.8. The minimum atomic E-state index is 0.572. The lowest BCUT2D eigenvalue weighted by Crippen LogP contribution is -2.12. The number of fused-ring (bicyclic) bond motifs is 1. The van der Waals surface area contributed by atoms with Gasteiger partial charge in [0.1, 0.15) is 5.82 Å². The molecule has 1 aromatic carbocycles. The normalized spacial score (nSPS) is 13.8. The van der Waals surface area contributed by atoms with Gasteiger partial charge >= 0.3 is 0 Å². The number of benzene rings is 1. The van der Waals surface area contributed by atoms with Crippen LogP contribution in [0.1, 0.15) is 30.7 Å². The number of nitrogens with zero attached hydrogens (tertiary/aromatic N) is 4. The Balaban J connectivity index is 1.57. The van der Waals surface area contributed by atoms with Crippen LogP contribution in [-0.2, 0) is 0 Å². The fourth-order valence-corrected chi connectivity index (χ4v) is 2.77. The Kier molecular flexibility index (Phi) is 4.39. The highest BCUT2D eigenvalue weighted by Crippen LogP contribution is 2.42. The molecule has 7 nitrogen and oxygen atoms in total. The van der Waals surface area contributed by atoms with Crippen molar-refractivity contribution in [3.63, 3.8) is 0 Å². The molecule has 1 aliphatic carbocycles. The van der Waals surface area contributed by atoms with Crippen molar-refractivity contribution in [2.24, 2.45) is 5.73 Å². The molecule has 0 unspecified atom stereocenters. The standard InChI is InChI=1S/C18H21N7/c19-6-1-7-22-17-14(12-2-3-12)11-23-18(25-17)24-13-4-5-15-16(10-13)21-9-8-20-15/h4-5,8-12H,1-3,6-7,19H2,(H2,22,23,24,25). The van der Waals surface area contributed by atoms with Crippen molar-refractivity contribution in [3.8, 4) is 0 Å². The molecular weight excluding hydrogens is 314 g/mol. The van der Waals surface area contributed by atoms with Crippen molar-refractivity contribution in [1.82, 2.24) is 19.9 Å². The number of hydrogen-bond acceptors (Lipinski definition) is 7. The van der Waals surface area contributed by atoms with Crippen LogP contribution < -0.4 is 16.4 Å². The third kappa shape index (κ3) is 3.66. The number of aromatic nitrogens is 4. The second-order valence-corrected chi connectivity index (χ2v) is 6.23. The molecule has 0 atom stereocenters. The Labute approximate surface area is 146 Å². The number of anilines is 3. The van der Waals surface area contributed by atoms with Crippen molar-refractivity contribution in [1.29, 1.82) is 0 Å². The molecule has 2 aromatic heterocycles.